The second kappa shape index (κ2) is 9.52. The standard InChI is InChI=1S/C25H29N3O5/c1-4-33-23(30)25(16-17-8-6-5-7-9-17)10-12-28(13-11-25)24-26-19-15-21(32-3)20(31-2)14-18(19)22(29)27-24/h5-9,14-15H,4,10-13,16H2,1-3H3,(H,26,27,29). The third-order valence-corrected chi connectivity index (χ3v) is 6.31. The molecule has 8 nitrogen and oxygen atoms in total. The molecular weight excluding hydrogens is 422 g/mol. The number of ether oxygens (including phenoxy) is 3. The van der Waals surface area contributed by atoms with Crippen molar-refractivity contribution < 1.29 is 19.0 Å². The molecule has 1 N–H and O–H groups in total. The number of methoxy groups -OCH3 is 2. The number of hydrogen-bond donors (Lipinski definition) is 1. The normalized spacial score (nSPS) is 15.3. The number of H-pyrrole nitrogens is 1. The SMILES string of the molecule is CCOC(=O)C1(Cc2ccccc2)CCN(c2nc3cc(OC)c(OC)cc3c(=O)[nH]2)CC1. The van der Waals surface area contributed by atoms with Crippen molar-refractivity contribution in [1.82, 2.24) is 9.97 Å². The highest BCUT2D eigenvalue weighted by Crippen LogP contribution is 2.38. The molecule has 2 aromatic carbocycles. The molecule has 2 heterocycles. The Bertz CT molecular complexity index is 1180. The van der Waals surface area contributed by atoms with Gasteiger partial charge >= 0.3 is 5.97 Å². The fraction of sp³-hybridized carbons (Fsp3) is 0.400. The zero-order valence-electron chi connectivity index (χ0n) is 19.2. The number of nitrogens with one attached hydrogen (secondary N) is 1. The van der Waals surface area contributed by atoms with Crippen LogP contribution in [0.25, 0.3) is 10.9 Å². The van der Waals surface area contributed by atoms with Gasteiger partial charge in [-0.25, -0.2) is 4.98 Å². The number of carbonyl (C=O) groups excluding carboxylic acids is 1. The molecule has 0 radical (unpaired) electrons. The number of rotatable bonds is 7. The summed E-state index contributed by atoms with van der Waals surface area (Å²) in [6, 6.07) is 13.3. The zero-order chi connectivity index (χ0) is 23.4. The minimum absolute atomic E-state index is 0.162. The van der Waals surface area contributed by atoms with Crippen molar-refractivity contribution in [3.63, 3.8) is 0 Å². The number of fused-ring (bicyclic) bond motifs is 1. The van der Waals surface area contributed by atoms with Crippen LogP contribution in [-0.2, 0) is 16.0 Å². The molecule has 0 bridgehead atoms. The largest absolute Gasteiger partial charge is 0.493 e. The average Bonchev–Trinajstić information content (AvgIpc) is 2.84. The van der Waals surface area contributed by atoms with E-state index in [-0.39, 0.29) is 11.5 Å². The van der Waals surface area contributed by atoms with Crippen LogP contribution in [0.15, 0.2) is 47.3 Å². The van der Waals surface area contributed by atoms with Crippen molar-refractivity contribution in [1.29, 1.82) is 0 Å². The van der Waals surface area contributed by atoms with Crippen LogP contribution in [0.2, 0.25) is 0 Å². The minimum Gasteiger partial charge on any atom is -0.493 e. The molecule has 3 aromatic rings. The summed E-state index contributed by atoms with van der Waals surface area (Å²) in [5, 5.41) is 0.429. The van der Waals surface area contributed by atoms with E-state index in [0.29, 0.717) is 67.3 Å². The number of benzene rings is 2. The molecule has 0 saturated carbocycles. The smallest absolute Gasteiger partial charge is 0.312 e. The van der Waals surface area contributed by atoms with Gasteiger partial charge in [0.25, 0.3) is 5.56 Å². The number of aromatic amines is 1. The van der Waals surface area contributed by atoms with Crippen molar-refractivity contribution in [3.8, 4) is 11.5 Å². The Morgan fingerprint density at radius 3 is 2.39 bits per heavy atom. The molecule has 1 saturated heterocycles. The minimum atomic E-state index is -0.596. The highest BCUT2D eigenvalue weighted by molar-refractivity contribution is 5.83. The molecule has 0 spiro atoms. The first-order valence-electron chi connectivity index (χ1n) is 11.1. The number of aromatic nitrogens is 2. The van der Waals surface area contributed by atoms with Gasteiger partial charge in [0, 0.05) is 19.2 Å². The Morgan fingerprint density at radius 2 is 1.76 bits per heavy atom. The number of piperidine rings is 1. The van der Waals surface area contributed by atoms with Crippen LogP contribution in [-0.4, -0.2) is 49.9 Å². The molecule has 0 aliphatic carbocycles. The third kappa shape index (κ3) is 4.51. The summed E-state index contributed by atoms with van der Waals surface area (Å²) in [6.45, 7) is 3.33. The van der Waals surface area contributed by atoms with E-state index in [9.17, 15) is 9.59 Å². The van der Waals surface area contributed by atoms with E-state index in [4.69, 9.17) is 14.2 Å². The van der Waals surface area contributed by atoms with E-state index in [1.807, 2.05) is 42.2 Å². The Hall–Kier alpha value is -3.55. The molecule has 1 aromatic heterocycles. The Kier molecular flexibility index (Phi) is 6.53. The summed E-state index contributed by atoms with van der Waals surface area (Å²) < 4.78 is 16.1. The number of carbonyl (C=O) groups is 1. The van der Waals surface area contributed by atoms with E-state index in [0.717, 1.165) is 5.56 Å². The topological polar surface area (TPSA) is 93.8 Å². The molecule has 4 rings (SSSR count). The molecule has 174 valence electrons. The van der Waals surface area contributed by atoms with Gasteiger partial charge in [-0.05, 0) is 37.8 Å². The van der Waals surface area contributed by atoms with E-state index in [1.165, 1.54) is 7.11 Å². The van der Waals surface area contributed by atoms with Gasteiger partial charge < -0.3 is 19.1 Å². The van der Waals surface area contributed by atoms with Gasteiger partial charge in [-0.1, -0.05) is 30.3 Å². The van der Waals surface area contributed by atoms with Crippen molar-refractivity contribution in [2.45, 2.75) is 26.2 Å². The summed E-state index contributed by atoms with van der Waals surface area (Å²) in [5.41, 5.74) is 0.791. The fourth-order valence-corrected chi connectivity index (χ4v) is 4.47. The van der Waals surface area contributed by atoms with Crippen LogP contribution >= 0.6 is 0 Å². The predicted molar refractivity (Wildman–Crippen MR) is 126 cm³/mol. The lowest BCUT2D eigenvalue weighted by atomic mass is 9.73. The van der Waals surface area contributed by atoms with Gasteiger partial charge in [-0.2, -0.15) is 0 Å². The zero-order valence-corrected chi connectivity index (χ0v) is 19.2. The molecule has 1 aliphatic rings. The highest BCUT2D eigenvalue weighted by Gasteiger charge is 2.43. The first-order chi connectivity index (χ1) is 16.0. The van der Waals surface area contributed by atoms with E-state index >= 15 is 0 Å². The van der Waals surface area contributed by atoms with E-state index in [1.54, 1.807) is 19.2 Å². The van der Waals surface area contributed by atoms with E-state index < -0.39 is 5.41 Å². The van der Waals surface area contributed by atoms with E-state index in [2.05, 4.69) is 9.97 Å². The molecule has 0 atom stereocenters. The summed E-state index contributed by atoms with van der Waals surface area (Å²) in [7, 11) is 3.07. The summed E-state index contributed by atoms with van der Waals surface area (Å²) in [4.78, 5) is 35.3. The van der Waals surface area contributed by atoms with Crippen LogP contribution in [0, 0.1) is 5.41 Å². The lowest BCUT2D eigenvalue weighted by Crippen LogP contribution is -2.47. The number of anilines is 1. The van der Waals surface area contributed by atoms with Gasteiger partial charge in [0.2, 0.25) is 5.95 Å². The number of nitrogens with zero attached hydrogens (tertiary/aromatic N) is 2. The van der Waals surface area contributed by atoms with Crippen molar-refractivity contribution in [2.24, 2.45) is 5.41 Å². The van der Waals surface area contributed by atoms with Crippen LogP contribution in [0.1, 0.15) is 25.3 Å². The molecule has 33 heavy (non-hydrogen) atoms. The number of esters is 1. The first-order valence-corrected chi connectivity index (χ1v) is 11.1. The Morgan fingerprint density at radius 1 is 1.09 bits per heavy atom. The first kappa shape index (κ1) is 22.6. The Balaban J connectivity index is 1.61. The highest BCUT2D eigenvalue weighted by atomic mass is 16.5. The maximum Gasteiger partial charge on any atom is 0.312 e. The van der Waals surface area contributed by atoms with Gasteiger partial charge in [-0.15, -0.1) is 0 Å². The van der Waals surface area contributed by atoms with Crippen molar-refractivity contribution in [3.05, 3.63) is 58.4 Å². The van der Waals surface area contributed by atoms with Gasteiger partial charge in [0.15, 0.2) is 11.5 Å². The van der Waals surface area contributed by atoms with Gasteiger partial charge in [-0.3, -0.25) is 14.6 Å². The summed E-state index contributed by atoms with van der Waals surface area (Å²) >= 11 is 0. The number of hydrogen-bond acceptors (Lipinski definition) is 7. The second-order valence-corrected chi connectivity index (χ2v) is 8.26. The molecule has 1 aliphatic heterocycles. The lowest BCUT2D eigenvalue weighted by molar-refractivity contribution is -0.156. The molecule has 1 fully saturated rings. The van der Waals surface area contributed by atoms with Crippen LogP contribution < -0.4 is 19.9 Å². The van der Waals surface area contributed by atoms with Crippen molar-refractivity contribution >= 4 is 22.8 Å². The third-order valence-electron chi connectivity index (χ3n) is 6.31. The predicted octanol–water partition coefficient (Wildman–Crippen LogP) is 3.33. The lowest BCUT2D eigenvalue weighted by Gasteiger charge is -2.40. The molecule has 0 unspecified atom stereocenters. The fourth-order valence-electron chi connectivity index (χ4n) is 4.47. The average molecular weight is 452 g/mol. The molecule has 8 heteroatoms. The summed E-state index contributed by atoms with van der Waals surface area (Å²) in [6.07, 6.45) is 1.84. The van der Waals surface area contributed by atoms with Gasteiger partial charge in [0.05, 0.1) is 37.1 Å². The Labute approximate surface area is 192 Å². The van der Waals surface area contributed by atoms with Crippen LogP contribution in [0.3, 0.4) is 0 Å². The quantitative estimate of drug-likeness (QED) is 0.551. The van der Waals surface area contributed by atoms with Crippen molar-refractivity contribution in [2.75, 3.05) is 38.8 Å². The van der Waals surface area contributed by atoms with Crippen LogP contribution in [0.5, 0.6) is 11.5 Å². The second-order valence-electron chi connectivity index (χ2n) is 8.26. The monoisotopic (exact) mass is 451 g/mol. The maximum atomic E-state index is 13.0. The molecular formula is C25H29N3O5. The van der Waals surface area contributed by atoms with Crippen LogP contribution in [0.4, 0.5) is 5.95 Å². The maximum absolute atomic E-state index is 13.0. The summed E-state index contributed by atoms with van der Waals surface area (Å²) in [5.74, 6) is 1.31. The molecule has 0 amide bonds. The van der Waals surface area contributed by atoms with Gasteiger partial charge in [0.1, 0.15) is 0 Å².